The fourth-order valence-corrected chi connectivity index (χ4v) is 4.16. The molecule has 30 heavy (non-hydrogen) atoms. The zero-order valence-electron chi connectivity index (χ0n) is 15.8. The number of fused-ring (bicyclic) bond motifs is 1. The first-order chi connectivity index (χ1) is 14.5. The number of esters is 1. The molecule has 1 amide bonds. The molecule has 8 heteroatoms. The van der Waals surface area contributed by atoms with Crippen molar-refractivity contribution in [2.75, 3.05) is 19.2 Å². The fourth-order valence-electron chi connectivity index (χ4n) is 2.94. The minimum absolute atomic E-state index is 0.193. The van der Waals surface area contributed by atoms with Crippen molar-refractivity contribution in [3.8, 4) is 22.6 Å². The van der Waals surface area contributed by atoms with Crippen LogP contribution in [0.3, 0.4) is 0 Å². The lowest BCUT2D eigenvalue weighted by molar-refractivity contribution is -0.111. The van der Waals surface area contributed by atoms with Gasteiger partial charge in [-0.2, -0.15) is 0 Å². The van der Waals surface area contributed by atoms with E-state index in [2.05, 4.69) is 21.2 Å². The molecule has 0 bridgehead atoms. The van der Waals surface area contributed by atoms with Crippen LogP contribution in [0.25, 0.3) is 17.2 Å². The van der Waals surface area contributed by atoms with Gasteiger partial charge in [0.1, 0.15) is 10.6 Å². The average Bonchev–Trinajstić information content (AvgIpc) is 3.39. The van der Waals surface area contributed by atoms with Gasteiger partial charge >= 0.3 is 5.97 Å². The summed E-state index contributed by atoms with van der Waals surface area (Å²) >= 11 is 4.67. The standard InChI is InChI=1S/C22H16BrNO5S/c1-27-22(26)20-16(14-4-6-15(23)7-5-14)11-30-21(20)24-19(25)9-3-13-2-8-17-18(10-13)29-12-28-17/h2-11H,12H2,1H3,(H,24,25)/b9-3+. The van der Waals surface area contributed by atoms with E-state index >= 15 is 0 Å². The molecule has 0 unspecified atom stereocenters. The summed E-state index contributed by atoms with van der Waals surface area (Å²) in [4.78, 5) is 24.9. The maximum atomic E-state index is 12.5. The maximum Gasteiger partial charge on any atom is 0.341 e. The monoisotopic (exact) mass is 485 g/mol. The highest BCUT2D eigenvalue weighted by molar-refractivity contribution is 9.10. The van der Waals surface area contributed by atoms with Crippen LogP contribution >= 0.6 is 27.3 Å². The first-order valence-electron chi connectivity index (χ1n) is 8.89. The van der Waals surface area contributed by atoms with Crippen molar-refractivity contribution in [3.05, 3.63) is 69.5 Å². The van der Waals surface area contributed by atoms with Gasteiger partial charge in [-0.05, 0) is 41.5 Å². The molecule has 0 fully saturated rings. The molecule has 0 radical (unpaired) electrons. The summed E-state index contributed by atoms with van der Waals surface area (Å²) < 4.78 is 16.5. The summed E-state index contributed by atoms with van der Waals surface area (Å²) in [6, 6.07) is 13.0. The molecule has 0 atom stereocenters. The number of anilines is 1. The lowest BCUT2D eigenvalue weighted by Crippen LogP contribution is -2.11. The molecule has 2 aromatic carbocycles. The van der Waals surface area contributed by atoms with E-state index in [0.717, 1.165) is 15.6 Å². The summed E-state index contributed by atoms with van der Waals surface area (Å²) in [5.74, 6) is 0.451. The number of nitrogens with one attached hydrogen (secondary N) is 1. The van der Waals surface area contributed by atoms with E-state index in [1.807, 2.05) is 35.7 Å². The lowest BCUT2D eigenvalue weighted by Gasteiger charge is -2.07. The molecule has 3 aromatic rings. The number of carbonyl (C=O) groups excluding carboxylic acids is 2. The number of amides is 1. The van der Waals surface area contributed by atoms with Crippen LogP contribution in [-0.4, -0.2) is 25.8 Å². The zero-order valence-corrected chi connectivity index (χ0v) is 18.2. The van der Waals surface area contributed by atoms with Gasteiger partial charge in [0.25, 0.3) is 0 Å². The Labute approximate surface area is 185 Å². The molecule has 0 saturated carbocycles. The van der Waals surface area contributed by atoms with Gasteiger partial charge in [0, 0.05) is 21.5 Å². The predicted octanol–water partition coefficient (Wildman–Crippen LogP) is 5.34. The number of rotatable bonds is 5. The largest absolute Gasteiger partial charge is 0.465 e. The number of methoxy groups -OCH3 is 1. The summed E-state index contributed by atoms with van der Waals surface area (Å²) in [5, 5.41) is 5.03. The quantitative estimate of drug-likeness (QED) is 0.389. The lowest BCUT2D eigenvalue weighted by atomic mass is 10.0. The summed E-state index contributed by atoms with van der Waals surface area (Å²) in [6.45, 7) is 0.193. The van der Waals surface area contributed by atoms with Gasteiger partial charge in [-0.3, -0.25) is 4.79 Å². The Morgan fingerprint density at radius 2 is 1.90 bits per heavy atom. The van der Waals surface area contributed by atoms with Crippen molar-refractivity contribution >= 4 is 50.2 Å². The number of thiophene rings is 1. The number of halogens is 1. The zero-order chi connectivity index (χ0) is 21.1. The van der Waals surface area contributed by atoms with Crippen LogP contribution in [0.15, 0.2) is 58.4 Å². The van der Waals surface area contributed by atoms with E-state index in [9.17, 15) is 9.59 Å². The smallest absolute Gasteiger partial charge is 0.341 e. The number of hydrogen-bond donors (Lipinski definition) is 1. The number of carbonyl (C=O) groups is 2. The molecule has 1 aliphatic rings. The Balaban J connectivity index is 1.55. The molecule has 0 saturated heterocycles. The number of hydrogen-bond acceptors (Lipinski definition) is 6. The normalized spacial score (nSPS) is 12.2. The van der Waals surface area contributed by atoms with Gasteiger partial charge in [-0.1, -0.05) is 34.1 Å². The second-order valence-electron chi connectivity index (χ2n) is 6.29. The molecule has 0 aliphatic carbocycles. The Morgan fingerprint density at radius 3 is 2.67 bits per heavy atom. The third kappa shape index (κ3) is 4.24. The van der Waals surface area contributed by atoms with E-state index in [0.29, 0.717) is 27.6 Å². The average molecular weight is 486 g/mol. The molecule has 1 aliphatic heterocycles. The van der Waals surface area contributed by atoms with Crippen molar-refractivity contribution in [1.29, 1.82) is 0 Å². The first-order valence-corrected chi connectivity index (χ1v) is 10.6. The second kappa shape index (κ2) is 8.73. The predicted molar refractivity (Wildman–Crippen MR) is 119 cm³/mol. The van der Waals surface area contributed by atoms with E-state index in [1.165, 1.54) is 24.5 Å². The Morgan fingerprint density at radius 1 is 1.13 bits per heavy atom. The topological polar surface area (TPSA) is 73.9 Å². The molecule has 4 rings (SSSR count). The van der Waals surface area contributed by atoms with Crippen molar-refractivity contribution in [1.82, 2.24) is 0 Å². The molecule has 6 nitrogen and oxygen atoms in total. The SMILES string of the molecule is COC(=O)c1c(-c2ccc(Br)cc2)csc1NC(=O)/C=C/c1ccc2c(c1)OCO2. The molecule has 1 N–H and O–H groups in total. The molecular formula is C22H16BrNO5S. The highest BCUT2D eigenvalue weighted by Crippen LogP contribution is 2.37. The molecule has 0 spiro atoms. The van der Waals surface area contributed by atoms with Crippen molar-refractivity contribution in [3.63, 3.8) is 0 Å². The molecular weight excluding hydrogens is 470 g/mol. The van der Waals surface area contributed by atoms with Gasteiger partial charge < -0.3 is 19.5 Å². The summed E-state index contributed by atoms with van der Waals surface area (Å²) in [5.41, 5.74) is 2.68. The molecule has 2 heterocycles. The van der Waals surface area contributed by atoms with Gasteiger partial charge in [0.2, 0.25) is 12.7 Å². The van der Waals surface area contributed by atoms with Crippen LogP contribution < -0.4 is 14.8 Å². The molecule has 152 valence electrons. The fraction of sp³-hybridized carbons (Fsp3) is 0.0909. The minimum atomic E-state index is -0.510. The summed E-state index contributed by atoms with van der Waals surface area (Å²) in [7, 11) is 1.32. The van der Waals surface area contributed by atoms with E-state index in [-0.39, 0.29) is 12.7 Å². The van der Waals surface area contributed by atoms with E-state index in [1.54, 1.807) is 18.2 Å². The van der Waals surface area contributed by atoms with E-state index in [4.69, 9.17) is 14.2 Å². The van der Waals surface area contributed by atoms with E-state index < -0.39 is 5.97 Å². The third-order valence-corrected chi connectivity index (χ3v) is 5.82. The Bertz CT molecular complexity index is 1140. The van der Waals surface area contributed by atoms with Crippen LogP contribution in [0.5, 0.6) is 11.5 Å². The Kier molecular flexibility index (Phi) is 5.87. The summed E-state index contributed by atoms with van der Waals surface area (Å²) in [6.07, 6.45) is 3.07. The van der Waals surface area contributed by atoms with Crippen LogP contribution in [0.1, 0.15) is 15.9 Å². The van der Waals surface area contributed by atoms with Crippen LogP contribution in [0.4, 0.5) is 5.00 Å². The van der Waals surface area contributed by atoms with Crippen molar-refractivity contribution in [2.45, 2.75) is 0 Å². The highest BCUT2D eigenvalue weighted by atomic mass is 79.9. The van der Waals surface area contributed by atoms with Crippen molar-refractivity contribution < 1.29 is 23.8 Å². The Hall–Kier alpha value is -3.10. The van der Waals surface area contributed by atoms with Gasteiger partial charge in [-0.15, -0.1) is 11.3 Å². The van der Waals surface area contributed by atoms with Crippen LogP contribution in [0, 0.1) is 0 Å². The number of ether oxygens (including phenoxy) is 3. The van der Waals surface area contributed by atoms with Crippen LogP contribution in [-0.2, 0) is 9.53 Å². The third-order valence-electron chi connectivity index (χ3n) is 4.40. The maximum absolute atomic E-state index is 12.5. The van der Waals surface area contributed by atoms with Gasteiger partial charge in [0.15, 0.2) is 11.5 Å². The first kappa shape index (κ1) is 20.2. The second-order valence-corrected chi connectivity index (χ2v) is 8.08. The van der Waals surface area contributed by atoms with Gasteiger partial charge in [0.05, 0.1) is 7.11 Å². The number of benzene rings is 2. The minimum Gasteiger partial charge on any atom is -0.465 e. The van der Waals surface area contributed by atoms with Gasteiger partial charge in [-0.25, -0.2) is 4.79 Å². The molecule has 1 aromatic heterocycles. The highest BCUT2D eigenvalue weighted by Gasteiger charge is 2.22. The van der Waals surface area contributed by atoms with Crippen molar-refractivity contribution in [2.24, 2.45) is 0 Å². The van der Waals surface area contributed by atoms with Crippen LogP contribution in [0.2, 0.25) is 0 Å².